The number of hydrogen-bond acceptors (Lipinski definition) is 0. The Morgan fingerprint density at radius 3 is 0.800 bits per heavy atom. The van der Waals surface area contributed by atoms with Gasteiger partial charge in [-0.25, -0.2) is 0 Å². The molecule has 0 aliphatic rings. The van der Waals surface area contributed by atoms with Gasteiger partial charge >= 0.3 is 0 Å². The van der Waals surface area contributed by atoms with E-state index >= 15 is 0 Å². The molecule has 0 fully saturated rings. The van der Waals surface area contributed by atoms with Crippen LogP contribution in [0.25, 0.3) is 0 Å². The van der Waals surface area contributed by atoms with Crippen molar-refractivity contribution in [1.29, 1.82) is 0 Å². The van der Waals surface area contributed by atoms with E-state index in [1.54, 1.807) is 0 Å². The monoisotopic (exact) mass is 347 g/mol. The van der Waals surface area contributed by atoms with Gasteiger partial charge in [0.15, 0.2) is 0 Å². The summed E-state index contributed by atoms with van der Waals surface area (Å²) < 4.78 is 0. The van der Waals surface area contributed by atoms with E-state index in [2.05, 4.69) is 38.1 Å². The summed E-state index contributed by atoms with van der Waals surface area (Å²) in [7, 11) is 0. The Kier molecular flexibility index (Phi) is 73.0. The van der Waals surface area contributed by atoms with Crippen LogP contribution in [0, 0.1) is 13.8 Å². The fourth-order valence-electron chi connectivity index (χ4n) is 0.637. The Morgan fingerprint density at radius 2 is 0.667 bits per heavy atom. The number of hydrogen-bond donors (Lipinski definition) is 0. The van der Waals surface area contributed by atoms with Gasteiger partial charge in [-0.3, -0.25) is 28.2 Å². The summed E-state index contributed by atoms with van der Waals surface area (Å²) in [5.41, 5.74) is 2.66. The molecule has 15 heavy (non-hydrogen) atoms. The molecule has 0 aromatic heterocycles. The van der Waals surface area contributed by atoms with Crippen molar-refractivity contribution < 1.29 is 28.2 Å². The maximum Gasteiger partial charge on any atom is 0 e. The summed E-state index contributed by atoms with van der Waals surface area (Å²) in [5.74, 6) is 0. The van der Waals surface area contributed by atoms with E-state index in [0.717, 1.165) is 0 Å². The van der Waals surface area contributed by atoms with Crippen molar-refractivity contribution in [3.63, 3.8) is 0 Å². The van der Waals surface area contributed by atoms with Crippen LogP contribution in [0.1, 0.15) is 11.1 Å². The molecule has 0 bridgehead atoms. The summed E-state index contributed by atoms with van der Waals surface area (Å²) >= 11 is 0. The van der Waals surface area contributed by atoms with Crippen molar-refractivity contribution in [2.75, 3.05) is 0 Å². The van der Waals surface area contributed by atoms with Gasteiger partial charge in [-0.2, -0.15) is 0 Å². The number of halogens is 6. The second-order valence-electron chi connectivity index (χ2n) is 2.15. The molecule has 0 unspecified atom stereocenters. The van der Waals surface area contributed by atoms with Crippen LogP contribution >= 0.6 is 0 Å². The van der Waals surface area contributed by atoms with E-state index < -0.39 is 0 Å². The SMILES string of the molecule is Cc1ccc(C)cc1.F.F.F.F.F.F.[Sb]. The molecular formula is C8H16F6Sb. The van der Waals surface area contributed by atoms with E-state index in [1.165, 1.54) is 11.1 Å². The molecule has 1 aromatic carbocycles. The Balaban J connectivity index is -0.0000000183. The molecule has 0 spiro atoms. The first-order chi connectivity index (χ1) is 3.79. The largest absolute Gasteiger partial charge is 0.269 e. The minimum Gasteiger partial charge on any atom is -0.269 e. The van der Waals surface area contributed by atoms with E-state index in [9.17, 15) is 0 Å². The van der Waals surface area contributed by atoms with Crippen molar-refractivity contribution in [3.05, 3.63) is 35.4 Å². The third kappa shape index (κ3) is 19.9. The molecule has 0 N–H and O–H groups in total. The van der Waals surface area contributed by atoms with E-state index in [4.69, 9.17) is 0 Å². The van der Waals surface area contributed by atoms with Crippen LogP contribution in [-0.2, 0) is 0 Å². The second kappa shape index (κ2) is 23.4. The van der Waals surface area contributed by atoms with Gasteiger partial charge in [-0.05, 0) is 13.8 Å². The quantitative estimate of drug-likeness (QED) is 0.500. The molecular weight excluding hydrogens is 332 g/mol. The Hall–Kier alpha value is -0.382. The van der Waals surface area contributed by atoms with Crippen molar-refractivity contribution in [2.45, 2.75) is 13.8 Å². The van der Waals surface area contributed by atoms with Gasteiger partial charge in [0, 0.05) is 24.4 Å². The van der Waals surface area contributed by atoms with Crippen LogP contribution in [0.2, 0.25) is 0 Å². The predicted octanol–water partition coefficient (Wildman–Crippen LogP) is 2.84. The van der Waals surface area contributed by atoms with E-state index in [0.29, 0.717) is 0 Å². The van der Waals surface area contributed by atoms with E-state index in [-0.39, 0.29) is 52.7 Å². The molecule has 0 aliphatic carbocycles. The molecule has 0 heterocycles. The fourth-order valence-corrected chi connectivity index (χ4v) is 0.637. The zero-order valence-corrected chi connectivity index (χ0v) is 10.8. The minimum atomic E-state index is 0. The summed E-state index contributed by atoms with van der Waals surface area (Å²) in [6, 6.07) is 8.48. The number of aryl methyl sites for hydroxylation is 2. The third-order valence-corrected chi connectivity index (χ3v) is 1.22. The van der Waals surface area contributed by atoms with Crippen molar-refractivity contribution in [1.82, 2.24) is 0 Å². The number of benzene rings is 1. The average Bonchev–Trinajstić information content (AvgIpc) is 1.77. The normalized spacial score (nSPS) is 4.93. The summed E-state index contributed by atoms with van der Waals surface area (Å²) in [5, 5.41) is 0. The van der Waals surface area contributed by atoms with Crippen LogP contribution in [0.5, 0.6) is 0 Å². The Bertz CT molecular complexity index is 158. The minimum absolute atomic E-state index is 0. The van der Waals surface area contributed by atoms with Gasteiger partial charge in [-0.15, -0.1) is 0 Å². The Labute approximate surface area is 102 Å². The molecule has 0 saturated carbocycles. The van der Waals surface area contributed by atoms with Crippen LogP contribution in [0.15, 0.2) is 24.3 Å². The fraction of sp³-hybridized carbons (Fsp3) is 0.250. The molecule has 0 amide bonds. The molecule has 3 radical (unpaired) electrons. The number of rotatable bonds is 0. The van der Waals surface area contributed by atoms with Gasteiger partial charge in [-0.1, -0.05) is 35.4 Å². The van der Waals surface area contributed by atoms with Gasteiger partial charge in [0.25, 0.3) is 0 Å². The first kappa shape index (κ1) is 46.7. The summed E-state index contributed by atoms with van der Waals surface area (Å²) in [6.45, 7) is 4.19. The third-order valence-electron chi connectivity index (χ3n) is 1.22. The zero-order chi connectivity index (χ0) is 5.98. The van der Waals surface area contributed by atoms with Crippen LogP contribution < -0.4 is 0 Å². The Morgan fingerprint density at radius 1 is 0.533 bits per heavy atom. The van der Waals surface area contributed by atoms with Gasteiger partial charge in [0.05, 0.1) is 0 Å². The zero-order valence-electron chi connectivity index (χ0n) is 8.21. The molecule has 0 aliphatic heterocycles. The summed E-state index contributed by atoms with van der Waals surface area (Å²) in [4.78, 5) is 0. The van der Waals surface area contributed by atoms with Crippen molar-refractivity contribution in [2.24, 2.45) is 0 Å². The van der Waals surface area contributed by atoms with Crippen molar-refractivity contribution >= 4 is 24.4 Å². The molecule has 7 heteroatoms. The molecule has 1 rings (SSSR count). The predicted molar refractivity (Wildman–Crippen MR) is 56.7 cm³/mol. The standard InChI is InChI=1S/C8H10.6FH.Sb/c1-7-3-5-8(2)6-4-7;;;;;;;/h3-6H,1-2H3;6*1H;. The first-order valence-corrected chi connectivity index (χ1v) is 2.82. The van der Waals surface area contributed by atoms with Crippen LogP contribution in [-0.4, -0.2) is 24.4 Å². The molecule has 0 nitrogen and oxygen atoms in total. The van der Waals surface area contributed by atoms with Gasteiger partial charge in [0.1, 0.15) is 0 Å². The maximum atomic E-state index is 2.12. The molecule has 0 saturated heterocycles. The smallest absolute Gasteiger partial charge is 0 e. The van der Waals surface area contributed by atoms with Crippen LogP contribution in [0.4, 0.5) is 28.2 Å². The van der Waals surface area contributed by atoms with Crippen molar-refractivity contribution in [3.8, 4) is 0 Å². The topological polar surface area (TPSA) is 0 Å². The maximum absolute atomic E-state index is 2.12. The average molecular weight is 348 g/mol. The van der Waals surface area contributed by atoms with Gasteiger partial charge < -0.3 is 0 Å². The van der Waals surface area contributed by atoms with E-state index in [1.807, 2.05) is 0 Å². The molecule has 0 atom stereocenters. The summed E-state index contributed by atoms with van der Waals surface area (Å²) in [6.07, 6.45) is 0. The second-order valence-corrected chi connectivity index (χ2v) is 2.15. The van der Waals surface area contributed by atoms with Crippen LogP contribution in [0.3, 0.4) is 0 Å². The first-order valence-electron chi connectivity index (χ1n) is 2.82. The molecule has 95 valence electrons. The van der Waals surface area contributed by atoms with Gasteiger partial charge in [0.2, 0.25) is 0 Å². The molecule has 1 aromatic rings.